The van der Waals surface area contributed by atoms with Gasteiger partial charge in [-0.2, -0.15) is 0 Å². The second kappa shape index (κ2) is 9.66. The number of ether oxygens (including phenoxy) is 2. The van der Waals surface area contributed by atoms with Crippen LogP contribution in [0.2, 0.25) is 0 Å². The Bertz CT molecular complexity index is 560. The number of nitrogens with zero attached hydrogens (tertiary/aromatic N) is 1. The van der Waals surface area contributed by atoms with Crippen molar-refractivity contribution >= 4 is 5.91 Å². The Morgan fingerprint density at radius 3 is 2.80 bits per heavy atom. The van der Waals surface area contributed by atoms with Crippen molar-refractivity contribution in [2.24, 2.45) is 11.7 Å². The predicted molar refractivity (Wildman–Crippen MR) is 100 cm³/mol. The second-order valence-corrected chi connectivity index (χ2v) is 6.81. The lowest BCUT2D eigenvalue weighted by Crippen LogP contribution is -2.45. The molecule has 0 aliphatic carbocycles. The van der Waals surface area contributed by atoms with Gasteiger partial charge in [0.15, 0.2) is 11.5 Å². The minimum absolute atomic E-state index is 0.0476. The summed E-state index contributed by atoms with van der Waals surface area (Å²) in [6.07, 6.45) is 4.18. The third kappa shape index (κ3) is 5.36. The summed E-state index contributed by atoms with van der Waals surface area (Å²) in [5.41, 5.74) is 6.68. The summed E-state index contributed by atoms with van der Waals surface area (Å²) in [5.74, 6) is 1.77. The van der Waals surface area contributed by atoms with Crippen LogP contribution in [0.5, 0.6) is 11.5 Å². The predicted octanol–water partition coefficient (Wildman–Crippen LogP) is 3.46. The highest BCUT2D eigenvalue weighted by Gasteiger charge is 2.27. The molecule has 0 spiro atoms. The van der Waals surface area contributed by atoms with Crippen molar-refractivity contribution in [3.63, 3.8) is 0 Å². The molecule has 1 aliphatic heterocycles. The van der Waals surface area contributed by atoms with Crippen molar-refractivity contribution in [2.45, 2.75) is 52.5 Å². The van der Waals surface area contributed by atoms with Crippen LogP contribution >= 0.6 is 0 Å². The lowest BCUT2D eigenvalue weighted by molar-refractivity contribution is 0.0660. The van der Waals surface area contributed by atoms with E-state index in [1.807, 2.05) is 36.9 Å². The Morgan fingerprint density at radius 2 is 2.12 bits per heavy atom. The molecule has 1 amide bonds. The Hall–Kier alpha value is -1.75. The average Bonchev–Trinajstić information content (AvgIpc) is 2.62. The van der Waals surface area contributed by atoms with Crippen molar-refractivity contribution in [1.82, 2.24) is 4.90 Å². The first-order valence-electron chi connectivity index (χ1n) is 9.51. The summed E-state index contributed by atoms with van der Waals surface area (Å²) in [7, 11) is 0. The number of piperidine rings is 1. The molecule has 2 N–H and O–H groups in total. The van der Waals surface area contributed by atoms with Crippen molar-refractivity contribution in [3.8, 4) is 11.5 Å². The molecule has 0 radical (unpaired) electrons. The summed E-state index contributed by atoms with van der Waals surface area (Å²) in [5, 5.41) is 0. The molecule has 0 bridgehead atoms. The topological polar surface area (TPSA) is 64.8 Å². The van der Waals surface area contributed by atoms with Gasteiger partial charge in [-0.1, -0.05) is 13.3 Å². The summed E-state index contributed by atoms with van der Waals surface area (Å²) in [6.45, 7) is 8.80. The zero-order chi connectivity index (χ0) is 18.2. The fourth-order valence-electron chi connectivity index (χ4n) is 3.16. The van der Waals surface area contributed by atoms with Crippen LogP contribution in [0.3, 0.4) is 0 Å². The number of carbonyl (C=O) groups excluding carboxylic acids is 1. The molecule has 5 heteroatoms. The zero-order valence-electron chi connectivity index (χ0n) is 15.8. The first-order valence-corrected chi connectivity index (χ1v) is 9.51. The molecule has 25 heavy (non-hydrogen) atoms. The minimum atomic E-state index is 0.0476. The normalized spacial score (nSPS) is 18.7. The van der Waals surface area contributed by atoms with Crippen molar-refractivity contribution < 1.29 is 14.3 Å². The highest BCUT2D eigenvalue weighted by molar-refractivity contribution is 5.95. The smallest absolute Gasteiger partial charge is 0.254 e. The first-order chi connectivity index (χ1) is 12.1. The number of amides is 1. The van der Waals surface area contributed by atoms with Gasteiger partial charge in [0.05, 0.1) is 13.2 Å². The molecular formula is C20H32N2O3. The van der Waals surface area contributed by atoms with E-state index in [0.29, 0.717) is 36.2 Å². The molecule has 5 nitrogen and oxygen atoms in total. The molecule has 0 aromatic heterocycles. The van der Waals surface area contributed by atoms with Gasteiger partial charge in [0.2, 0.25) is 0 Å². The van der Waals surface area contributed by atoms with Gasteiger partial charge in [0.25, 0.3) is 5.91 Å². The molecule has 2 rings (SSSR count). The van der Waals surface area contributed by atoms with Crippen molar-refractivity contribution in [2.75, 3.05) is 26.3 Å². The standard InChI is InChI=1S/C20H32N2O3/c1-4-6-12-25-18-10-9-16(13-19(18)24-5-2)20(23)22-11-7-8-17(14-22)15(3)21/h9-10,13,15,17H,4-8,11-12,14,21H2,1-3H3. The Balaban J connectivity index is 2.12. The molecule has 140 valence electrons. The van der Waals surface area contributed by atoms with E-state index in [9.17, 15) is 4.79 Å². The van der Waals surface area contributed by atoms with Gasteiger partial charge in [-0.15, -0.1) is 0 Å². The van der Waals surface area contributed by atoms with E-state index in [4.69, 9.17) is 15.2 Å². The summed E-state index contributed by atoms with van der Waals surface area (Å²) >= 11 is 0. The number of benzene rings is 1. The van der Waals surface area contributed by atoms with Crippen LogP contribution in [0.25, 0.3) is 0 Å². The Labute approximate surface area is 151 Å². The minimum Gasteiger partial charge on any atom is -0.490 e. The highest BCUT2D eigenvalue weighted by atomic mass is 16.5. The molecule has 1 heterocycles. The SMILES string of the molecule is CCCCOc1ccc(C(=O)N2CCCC(C(C)N)C2)cc1OCC. The largest absolute Gasteiger partial charge is 0.490 e. The van der Waals surface area contributed by atoms with Gasteiger partial charge in [-0.25, -0.2) is 0 Å². The van der Waals surface area contributed by atoms with E-state index in [0.717, 1.165) is 38.8 Å². The number of carbonyl (C=O) groups is 1. The first kappa shape index (κ1) is 19.6. The lowest BCUT2D eigenvalue weighted by atomic mass is 9.92. The Kier molecular flexibility index (Phi) is 7.56. The molecule has 2 atom stereocenters. The van der Waals surface area contributed by atoms with Crippen molar-refractivity contribution in [3.05, 3.63) is 23.8 Å². The molecule has 2 unspecified atom stereocenters. The molecule has 1 aromatic carbocycles. The van der Waals surface area contributed by atoms with Gasteiger partial charge in [0, 0.05) is 24.7 Å². The van der Waals surface area contributed by atoms with Crippen LogP contribution in [0, 0.1) is 5.92 Å². The summed E-state index contributed by atoms with van der Waals surface area (Å²) in [4.78, 5) is 14.8. The van der Waals surface area contributed by atoms with E-state index in [1.54, 1.807) is 0 Å². The summed E-state index contributed by atoms with van der Waals surface area (Å²) < 4.78 is 11.5. The van der Waals surface area contributed by atoms with Crippen molar-refractivity contribution in [1.29, 1.82) is 0 Å². The molecule has 1 aromatic rings. The molecule has 1 saturated heterocycles. The zero-order valence-corrected chi connectivity index (χ0v) is 15.8. The fraction of sp³-hybridized carbons (Fsp3) is 0.650. The maximum absolute atomic E-state index is 12.9. The van der Waals surface area contributed by atoms with Gasteiger partial charge < -0.3 is 20.1 Å². The van der Waals surface area contributed by atoms with Crippen LogP contribution in [-0.4, -0.2) is 43.2 Å². The number of likely N-dealkylation sites (tertiary alicyclic amines) is 1. The van der Waals surface area contributed by atoms with E-state index in [2.05, 4.69) is 6.92 Å². The van der Waals surface area contributed by atoms with Gasteiger partial charge in [0.1, 0.15) is 0 Å². The van der Waals surface area contributed by atoms with Crippen LogP contribution in [0.15, 0.2) is 18.2 Å². The van der Waals surface area contributed by atoms with Crippen LogP contribution in [0.1, 0.15) is 56.8 Å². The number of hydrogen-bond donors (Lipinski definition) is 1. The molecule has 1 fully saturated rings. The van der Waals surface area contributed by atoms with E-state index in [1.165, 1.54) is 0 Å². The lowest BCUT2D eigenvalue weighted by Gasteiger charge is -2.34. The quantitative estimate of drug-likeness (QED) is 0.731. The van der Waals surface area contributed by atoms with E-state index in [-0.39, 0.29) is 11.9 Å². The number of nitrogens with two attached hydrogens (primary N) is 1. The monoisotopic (exact) mass is 348 g/mol. The number of unbranched alkanes of at least 4 members (excludes halogenated alkanes) is 1. The van der Waals surface area contributed by atoms with Gasteiger partial charge >= 0.3 is 0 Å². The Morgan fingerprint density at radius 1 is 1.32 bits per heavy atom. The number of rotatable bonds is 8. The molecular weight excluding hydrogens is 316 g/mol. The molecule has 1 aliphatic rings. The third-order valence-electron chi connectivity index (χ3n) is 4.73. The van der Waals surface area contributed by atoms with E-state index < -0.39 is 0 Å². The fourth-order valence-corrected chi connectivity index (χ4v) is 3.16. The number of hydrogen-bond acceptors (Lipinski definition) is 4. The van der Waals surface area contributed by atoms with Crippen LogP contribution in [-0.2, 0) is 0 Å². The van der Waals surface area contributed by atoms with Gasteiger partial charge in [-0.05, 0) is 57.2 Å². The molecule has 0 saturated carbocycles. The maximum atomic E-state index is 12.9. The van der Waals surface area contributed by atoms with Gasteiger partial charge in [-0.3, -0.25) is 4.79 Å². The second-order valence-electron chi connectivity index (χ2n) is 6.81. The van der Waals surface area contributed by atoms with E-state index >= 15 is 0 Å². The van der Waals surface area contributed by atoms with Crippen LogP contribution in [0.4, 0.5) is 0 Å². The highest BCUT2D eigenvalue weighted by Crippen LogP contribution is 2.30. The third-order valence-corrected chi connectivity index (χ3v) is 4.73. The summed E-state index contributed by atoms with van der Waals surface area (Å²) in [6, 6.07) is 5.61. The van der Waals surface area contributed by atoms with Crippen LogP contribution < -0.4 is 15.2 Å². The average molecular weight is 348 g/mol. The maximum Gasteiger partial charge on any atom is 0.254 e.